The highest BCUT2D eigenvalue weighted by Crippen LogP contribution is 2.27. The molecule has 0 aliphatic carbocycles. The molecule has 4 N–H and O–H groups in total. The van der Waals surface area contributed by atoms with Gasteiger partial charge in [0.05, 0.1) is 23.8 Å². The van der Waals surface area contributed by atoms with Gasteiger partial charge in [-0.1, -0.05) is 23.2 Å². The maximum atomic E-state index is 5.84. The van der Waals surface area contributed by atoms with Gasteiger partial charge < -0.3 is 16.0 Å². The number of aryl methyl sites for hydroxylation is 2. The highest BCUT2D eigenvalue weighted by molar-refractivity contribution is 6.32. The lowest BCUT2D eigenvalue weighted by Gasteiger charge is -2.23. The molecule has 0 aliphatic rings. The molecule has 0 saturated heterocycles. The fourth-order valence-electron chi connectivity index (χ4n) is 2.97. The zero-order valence-electron chi connectivity index (χ0n) is 18.7. The molecule has 0 atom stereocenters. The minimum absolute atomic E-state index is 0.295. The summed E-state index contributed by atoms with van der Waals surface area (Å²) >= 11 is 11.7. The third-order valence-corrected chi connectivity index (χ3v) is 5.53. The van der Waals surface area contributed by atoms with E-state index in [9.17, 15) is 0 Å². The SMILES string of the molecule is Cn1cnc(C(C)(C)n2cc(N)c(Cl)n2)n1.Cn1cnnc1C(C)(C)n1cc(N)c(Cl)n1. The van der Waals surface area contributed by atoms with Gasteiger partial charge in [0.25, 0.3) is 0 Å². The first-order valence-corrected chi connectivity index (χ1v) is 10.3. The number of rotatable bonds is 4. The van der Waals surface area contributed by atoms with Crippen LogP contribution in [-0.4, -0.2) is 49.1 Å². The minimum Gasteiger partial charge on any atom is -0.395 e. The molecule has 0 aromatic carbocycles. The van der Waals surface area contributed by atoms with E-state index in [-0.39, 0.29) is 0 Å². The molecule has 0 unspecified atom stereocenters. The molecule has 12 nitrogen and oxygen atoms in total. The molecule has 0 spiro atoms. The second kappa shape index (κ2) is 8.43. The van der Waals surface area contributed by atoms with Gasteiger partial charge in [0.15, 0.2) is 22.0 Å². The number of anilines is 2. The van der Waals surface area contributed by atoms with Crippen LogP contribution in [0.2, 0.25) is 10.3 Å². The van der Waals surface area contributed by atoms with Crippen molar-refractivity contribution in [2.75, 3.05) is 11.5 Å². The Morgan fingerprint density at radius 1 is 0.812 bits per heavy atom. The molecule has 172 valence electrons. The summed E-state index contributed by atoms with van der Waals surface area (Å²) in [6.07, 6.45) is 6.66. The number of aromatic nitrogens is 10. The van der Waals surface area contributed by atoms with E-state index < -0.39 is 11.1 Å². The number of hydrogen-bond acceptors (Lipinski definition) is 8. The third-order valence-electron chi connectivity index (χ3n) is 4.94. The normalized spacial score (nSPS) is 12.0. The van der Waals surface area contributed by atoms with Crippen LogP contribution in [0.15, 0.2) is 25.0 Å². The number of hydrogen-bond donors (Lipinski definition) is 2. The lowest BCUT2D eigenvalue weighted by Crippen LogP contribution is -2.31. The maximum absolute atomic E-state index is 5.84. The molecular formula is C18H26Cl2N12. The van der Waals surface area contributed by atoms with Crippen LogP contribution >= 0.6 is 23.2 Å². The van der Waals surface area contributed by atoms with Crippen molar-refractivity contribution in [3.8, 4) is 0 Å². The molecule has 4 heterocycles. The lowest BCUT2D eigenvalue weighted by molar-refractivity contribution is 0.358. The summed E-state index contributed by atoms with van der Waals surface area (Å²) in [5, 5.41) is 21.1. The number of nitrogens with zero attached hydrogens (tertiary/aromatic N) is 10. The molecule has 14 heteroatoms. The summed E-state index contributed by atoms with van der Waals surface area (Å²) in [6, 6.07) is 0. The van der Waals surface area contributed by atoms with Gasteiger partial charge >= 0.3 is 0 Å². The Bertz CT molecular complexity index is 1170. The van der Waals surface area contributed by atoms with E-state index in [1.807, 2.05) is 46.4 Å². The highest BCUT2D eigenvalue weighted by Gasteiger charge is 2.30. The van der Waals surface area contributed by atoms with Crippen molar-refractivity contribution in [1.29, 1.82) is 0 Å². The van der Waals surface area contributed by atoms with Crippen molar-refractivity contribution in [2.24, 2.45) is 14.1 Å². The Hall–Kier alpha value is -3.12. The van der Waals surface area contributed by atoms with Crippen molar-refractivity contribution in [1.82, 2.24) is 49.1 Å². The molecule has 0 aliphatic heterocycles. The van der Waals surface area contributed by atoms with Crippen LogP contribution in [-0.2, 0) is 25.2 Å². The third kappa shape index (κ3) is 4.41. The Morgan fingerprint density at radius 3 is 1.72 bits per heavy atom. The van der Waals surface area contributed by atoms with Gasteiger partial charge in [-0.2, -0.15) is 15.3 Å². The standard InChI is InChI=1S/2C9H13ClN6/c1-9(2,8-13-12-5-15(8)3)16-4-6(11)7(10)14-16;1-9(2,8-12-5-15(3)14-8)16-4-6(11)7(10)13-16/h2*4-5H,11H2,1-3H3. The van der Waals surface area contributed by atoms with Crippen molar-refractivity contribution < 1.29 is 0 Å². The summed E-state index contributed by atoms with van der Waals surface area (Å²) in [7, 11) is 3.70. The number of halogens is 2. The average Bonchev–Trinajstić information content (AvgIpc) is 3.47. The van der Waals surface area contributed by atoms with Crippen molar-refractivity contribution in [2.45, 2.75) is 38.8 Å². The molecule has 0 bridgehead atoms. The first kappa shape index (κ1) is 23.5. The monoisotopic (exact) mass is 480 g/mol. The van der Waals surface area contributed by atoms with E-state index in [1.54, 1.807) is 39.1 Å². The smallest absolute Gasteiger partial charge is 0.177 e. The van der Waals surface area contributed by atoms with Gasteiger partial charge in [0, 0.05) is 14.1 Å². The van der Waals surface area contributed by atoms with Crippen LogP contribution in [0.4, 0.5) is 11.4 Å². The molecule has 4 aromatic heterocycles. The van der Waals surface area contributed by atoms with Crippen molar-refractivity contribution in [3.05, 3.63) is 47.0 Å². The van der Waals surface area contributed by atoms with Crippen LogP contribution in [0.5, 0.6) is 0 Å². The second-order valence-corrected chi connectivity index (χ2v) is 8.98. The van der Waals surface area contributed by atoms with Crippen molar-refractivity contribution >= 4 is 34.6 Å². The van der Waals surface area contributed by atoms with E-state index in [4.69, 9.17) is 34.7 Å². The lowest BCUT2D eigenvalue weighted by atomic mass is 10.1. The van der Waals surface area contributed by atoms with E-state index >= 15 is 0 Å². The predicted octanol–water partition coefficient (Wildman–Crippen LogP) is 2.06. The Balaban J connectivity index is 0.000000181. The van der Waals surface area contributed by atoms with Crippen LogP contribution in [0.1, 0.15) is 39.3 Å². The van der Waals surface area contributed by atoms with Gasteiger partial charge in [-0.25, -0.2) is 4.98 Å². The summed E-state index contributed by atoms with van der Waals surface area (Å²) < 4.78 is 6.84. The highest BCUT2D eigenvalue weighted by atomic mass is 35.5. The number of nitrogens with two attached hydrogens (primary N) is 2. The molecule has 4 aromatic rings. The summed E-state index contributed by atoms with van der Waals surface area (Å²) in [5.74, 6) is 1.45. The van der Waals surface area contributed by atoms with E-state index in [0.717, 1.165) is 5.82 Å². The van der Waals surface area contributed by atoms with E-state index in [2.05, 4.69) is 30.5 Å². The fourth-order valence-corrected chi connectivity index (χ4v) is 3.23. The molecular weight excluding hydrogens is 455 g/mol. The number of nitrogen functional groups attached to an aromatic ring is 2. The molecule has 32 heavy (non-hydrogen) atoms. The zero-order chi connectivity index (χ0) is 23.8. The average molecular weight is 481 g/mol. The topological polar surface area (TPSA) is 149 Å². The molecule has 0 fully saturated rings. The predicted molar refractivity (Wildman–Crippen MR) is 122 cm³/mol. The Labute approximate surface area is 195 Å². The van der Waals surface area contributed by atoms with Gasteiger partial charge in [-0.05, 0) is 27.7 Å². The summed E-state index contributed by atoms with van der Waals surface area (Å²) in [5.41, 5.74) is 11.3. The minimum atomic E-state index is -0.484. The summed E-state index contributed by atoms with van der Waals surface area (Å²) in [4.78, 5) is 4.21. The first-order chi connectivity index (χ1) is 14.8. The molecule has 0 amide bonds. The fraction of sp³-hybridized carbons (Fsp3) is 0.444. The molecule has 0 saturated carbocycles. The van der Waals surface area contributed by atoms with Gasteiger partial charge in [0.2, 0.25) is 0 Å². The second-order valence-electron chi connectivity index (χ2n) is 8.26. The van der Waals surface area contributed by atoms with E-state index in [0.29, 0.717) is 27.5 Å². The first-order valence-electron chi connectivity index (χ1n) is 9.57. The van der Waals surface area contributed by atoms with Crippen LogP contribution in [0.25, 0.3) is 0 Å². The maximum Gasteiger partial charge on any atom is 0.177 e. The van der Waals surface area contributed by atoms with Crippen LogP contribution in [0.3, 0.4) is 0 Å². The van der Waals surface area contributed by atoms with Crippen LogP contribution in [0, 0.1) is 0 Å². The largest absolute Gasteiger partial charge is 0.395 e. The summed E-state index contributed by atoms with van der Waals surface area (Å²) in [6.45, 7) is 7.84. The van der Waals surface area contributed by atoms with Crippen molar-refractivity contribution in [3.63, 3.8) is 0 Å². The Morgan fingerprint density at radius 2 is 1.34 bits per heavy atom. The zero-order valence-corrected chi connectivity index (χ0v) is 20.2. The van der Waals surface area contributed by atoms with Gasteiger partial charge in [-0.15, -0.1) is 10.2 Å². The Kier molecular flexibility index (Phi) is 6.20. The van der Waals surface area contributed by atoms with Crippen LogP contribution < -0.4 is 11.5 Å². The molecule has 4 rings (SSSR count). The molecule has 0 radical (unpaired) electrons. The quantitative estimate of drug-likeness (QED) is 0.450. The van der Waals surface area contributed by atoms with Gasteiger partial charge in [-0.3, -0.25) is 14.0 Å². The van der Waals surface area contributed by atoms with Gasteiger partial charge in [0.1, 0.15) is 23.7 Å². The van der Waals surface area contributed by atoms with E-state index in [1.165, 1.54) is 0 Å².